The van der Waals surface area contributed by atoms with Gasteiger partial charge in [-0.2, -0.15) is 0 Å². The van der Waals surface area contributed by atoms with E-state index in [1.54, 1.807) is 0 Å². The standard InChI is InChI=1S/C11H12F2O2S/c1-11(2,10(14)15)16-6-7-4-3-5-8(12)9(7)13/h3-5H,6H2,1-2H3,(H,14,15). The minimum atomic E-state index is -1.02. The maximum atomic E-state index is 13.2. The number of rotatable bonds is 4. The Kier molecular flexibility index (Phi) is 3.91. The van der Waals surface area contributed by atoms with E-state index in [1.165, 1.54) is 26.0 Å². The number of hydrogen-bond acceptors (Lipinski definition) is 2. The Bertz CT molecular complexity index is 405. The highest BCUT2D eigenvalue weighted by molar-refractivity contribution is 8.00. The predicted octanol–water partition coefficient (Wildman–Crippen LogP) is 3.06. The molecule has 1 N–H and O–H groups in total. The van der Waals surface area contributed by atoms with E-state index in [1.807, 2.05) is 0 Å². The Balaban J connectivity index is 2.76. The van der Waals surface area contributed by atoms with Gasteiger partial charge in [-0.25, -0.2) is 8.78 Å². The molecule has 1 aromatic rings. The number of halogens is 2. The van der Waals surface area contributed by atoms with E-state index in [0.29, 0.717) is 0 Å². The number of carbonyl (C=O) groups is 1. The molecule has 0 saturated heterocycles. The third kappa shape index (κ3) is 2.95. The molecular formula is C11H12F2O2S. The van der Waals surface area contributed by atoms with Gasteiger partial charge in [-0.05, 0) is 19.9 Å². The minimum absolute atomic E-state index is 0.128. The van der Waals surface area contributed by atoms with Gasteiger partial charge in [-0.15, -0.1) is 11.8 Å². The second-order valence-corrected chi connectivity index (χ2v) is 5.42. The summed E-state index contributed by atoms with van der Waals surface area (Å²) < 4.78 is 25.1. The van der Waals surface area contributed by atoms with Crippen LogP contribution in [0, 0.1) is 11.6 Å². The first-order chi connectivity index (χ1) is 7.34. The summed E-state index contributed by atoms with van der Waals surface area (Å²) in [4.78, 5) is 10.8. The molecule has 0 radical (unpaired) electrons. The topological polar surface area (TPSA) is 37.3 Å². The van der Waals surface area contributed by atoms with Gasteiger partial charge in [0.2, 0.25) is 0 Å². The van der Waals surface area contributed by atoms with Gasteiger partial charge in [0.25, 0.3) is 0 Å². The molecule has 0 aromatic heterocycles. The lowest BCUT2D eigenvalue weighted by atomic mass is 10.2. The van der Waals surface area contributed by atoms with E-state index in [0.717, 1.165) is 17.8 Å². The average Bonchev–Trinajstić information content (AvgIpc) is 2.20. The molecule has 1 aromatic carbocycles. The van der Waals surface area contributed by atoms with Crippen molar-refractivity contribution in [2.24, 2.45) is 0 Å². The van der Waals surface area contributed by atoms with E-state index in [2.05, 4.69) is 0 Å². The number of hydrogen-bond donors (Lipinski definition) is 1. The molecule has 0 amide bonds. The van der Waals surface area contributed by atoms with Crippen molar-refractivity contribution in [2.45, 2.75) is 24.3 Å². The second kappa shape index (κ2) is 4.82. The molecule has 2 nitrogen and oxygen atoms in total. The van der Waals surface area contributed by atoms with Crippen LogP contribution in [-0.2, 0) is 10.5 Å². The van der Waals surface area contributed by atoms with E-state index in [-0.39, 0.29) is 11.3 Å². The van der Waals surface area contributed by atoms with Crippen LogP contribution >= 0.6 is 11.8 Å². The average molecular weight is 246 g/mol. The molecule has 0 aliphatic heterocycles. The zero-order chi connectivity index (χ0) is 12.3. The molecule has 0 heterocycles. The molecule has 0 fully saturated rings. The monoisotopic (exact) mass is 246 g/mol. The summed E-state index contributed by atoms with van der Waals surface area (Å²) in [5, 5.41) is 8.85. The highest BCUT2D eigenvalue weighted by Crippen LogP contribution is 2.29. The normalized spacial score (nSPS) is 11.5. The molecule has 0 saturated carbocycles. The van der Waals surface area contributed by atoms with Gasteiger partial charge in [0.05, 0.1) is 0 Å². The summed E-state index contributed by atoms with van der Waals surface area (Å²) in [7, 11) is 0. The van der Waals surface area contributed by atoms with Gasteiger partial charge in [-0.1, -0.05) is 12.1 Å². The van der Waals surface area contributed by atoms with E-state index in [9.17, 15) is 13.6 Å². The van der Waals surface area contributed by atoms with Crippen LogP contribution in [0.4, 0.5) is 8.78 Å². The summed E-state index contributed by atoms with van der Waals surface area (Å²) in [6.07, 6.45) is 0. The van der Waals surface area contributed by atoms with Gasteiger partial charge in [0, 0.05) is 11.3 Å². The fourth-order valence-corrected chi connectivity index (χ4v) is 1.84. The van der Waals surface area contributed by atoms with E-state index < -0.39 is 22.4 Å². The Hall–Kier alpha value is -1.10. The Morgan fingerprint density at radius 2 is 2.06 bits per heavy atom. The smallest absolute Gasteiger partial charge is 0.319 e. The van der Waals surface area contributed by atoms with Crippen molar-refractivity contribution >= 4 is 17.7 Å². The van der Waals surface area contributed by atoms with E-state index >= 15 is 0 Å². The zero-order valence-electron chi connectivity index (χ0n) is 8.96. The molecule has 16 heavy (non-hydrogen) atoms. The third-order valence-electron chi connectivity index (χ3n) is 2.14. The summed E-state index contributed by atoms with van der Waals surface area (Å²) in [5.41, 5.74) is 0.180. The summed E-state index contributed by atoms with van der Waals surface area (Å²) in [5.74, 6) is -2.67. The third-order valence-corrected chi connectivity index (χ3v) is 3.49. The van der Waals surface area contributed by atoms with Gasteiger partial charge < -0.3 is 5.11 Å². The maximum Gasteiger partial charge on any atom is 0.319 e. The Morgan fingerprint density at radius 3 is 2.62 bits per heavy atom. The first kappa shape index (κ1) is 13.0. The number of aliphatic carboxylic acids is 1. The summed E-state index contributed by atoms with van der Waals surface area (Å²) >= 11 is 1.06. The number of benzene rings is 1. The van der Waals surface area contributed by atoms with Gasteiger partial charge in [-0.3, -0.25) is 4.79 Å². The SMILES string of the molecule is CC(C)(SCc1cccc(F)c1F)C(=O)O. The lowest BCUT2D eigenvalue weighted by Crippen LogP contribution is -2.27. The molecule has 5 heteroatoms. The second-order valence-electron chi connectivity index (χ2n) is 3.82. The fraction of sp³-hybridized carbons (Fsp3) is 0.364. The van der Waals surface area contributed by atoms with Crippen LogP contribution in [0.25, 0.3) is 0 Å². The van der Waals surface area contributed by atoms with Crippen molar-refractivity contribution in [1.82, 2.24) is 0 Å². The van der Waals surface area contributed by atoms with Crippen LogP contribution in [0.1, 0.15) is 19.4 Å². The zero-order valence-corrected chi connectivity index (χ0v) is 9.78. The number of thioether (sulfide) groups is 1. The van der Waals surface area contributed by atoms with Gasteiger partial charge >= 0.3 is 5.97 Å². The highest BCUT2D eigenvalue weighted by Gasteiger charge is 2.28. The van der Waals surface area contributed by atoms with Crippen molar-refractivity contribution in [1.29, 1.82) is 0 Å². The van der Waals surface area contributed by atoms with Crippen LogP contribution in [0.2, 0.25) is 0 Å². The first-order valence-corrected chi connectivity index (χ1v) is 5.63. The number of carboxylic acids is 1. The molecule has 0 aliphatic carbocycles. The maximum absolute atomic E-state index is 13.2. The number of carboxylic acid groups (broad SMARTS) is 1. The van der Waals surface area contributed by atoms with Gasteiger partial charge in [0.1, 0.15) is 4.75 Å². The molecule has 1 rings (SSSR count). The molecule has 0 atom stereocenters. The lowest BCUT2D eigenvalue weighted by molar-refractivity contribution is -0.138. The van der Waals surface area contributed by atoms with Crippen molar-refractivity contribution in [3.05, 3.63) is 35.4 Å². The largest absolute Gasteiger partial charge is 0.480 e. The van der Waals surface area contributed by atoms with Crippen LogP contribution in [-0.4, -0.2) is 15.8 Å². The highest BCUT2D eigenvalue weighted by atomic mass is 32.2. The van der Waals surface area contributed by atoms with Crippen molar-refractivity contribution < 1.29 is 18.7 Å². The van der Waals surface area contributed by atoms with Crippen LogP contribution < -0.4 is 0 Å². The van der Waals surface area contributed by atoms with Gasteiger partial charge in [0.15, 0.2) is 11.6 Å². The summed E-state index contributed by atoms with van der Waals surface area (Å²) in [6, 6.07) is 3.89. The molecule has 0 unspecified atom stereocenters. The van der Waals surface area contributed by atoms with Crippen LogP contribution in [0.3, 0.4) is 0 Å². The fourth-order valence-electron chi connectivity index (χ4n) is 0.980. The quantitative estimate of drug-likeness (QED) is 0.887. The van der Waals surface area contributed by atoms with Crippen LogP contribution in [0.15, 0.2) is 18.2 Å². The predicted molar refractivity (Wildman–Crippen MR) is 59.4 cm³/mol. The Morgan fingerprint density at radius 1 is 1.44 bits per heavy atom. The summed E-state index contributed by atoms with van der Waals surface area (Å²) in [6.45, 7) is 3.05. The minimum Gasteiger partial charge on any atom is -0.480 e. The van der Waals surface area contributed by atoms with E-state index in [4.69, 9.17) is 5.11 Å². The molecule has 0 spiro atoms. The Labute approximate surface area is 96.7 Å². The lowest BCUT2D eigenvalue weighted by Gasteiger charge is -2.18. The molecule has 88 valence electrons. The van der Waals surface area contributed by atoms with Crippen LogP contribution in [0.5, 0.6) is 0 Å². The first-order valence-electron chi connectivity index (χ1n) is 4.65. The van der Waals surface area contributed by atoms with Crippen molar-refractivity contribution in [3.8, 4) is 0 Å². The van der Waals surface area contributed by atoms with Crippen molar-refractivity contribution in [3.63, 3.8) is 0 Å². The molecular weight excluding hydrogens is 234 g/mol. The molecule has 0 bridgehead atoms. The molecule has 0 aliphatic rings. The van der Waals surface area contributed by atoms with Crippen molar-refractivity contribution in [2.75, 3.05) is 0 Å².